The quantitative estimate of drug-likeness (QED) is 0.596. The Labute approximate surface area is 89.0 Å². The maximum absolute atomic E-state index is 4.94. The summed E-state index contributed by atoms with van der Waals surface area (Å²) < 4.78 is 0. The number of hydrogen-bond donors (Lipinski definition) is 0. The molecule has 0 aromatic carbocycles. The maximum Gasteiger partial charge on any atom is 0.0499 e. The summed E-state index contributed by atoms with van der Waals surface area (Å²) in [4.78, 5) is 4.94. The van der Waals surface area contributed by atoms with Crippen LogP contribution >= 0.6 is 0 Å². The summed E-state index contributed by atoms with van der Waals surface area (Å²) in [6, 6.07) is 0.660. The summed E-state index contributed by atoms with van der Waals surface area (Å²) in [6.45, 7) is 6.80. The van der Waals surface area contributed by atoms with Gasteiger partial charge in [0.25, 0.3) is 0 Å². The van der Waals surface area contributed by atoms with Crippen LogP contribution in [0.25, 0.3) is 0 Å². The third-order valence-corrected chi connectivity index (χ3v) is 3.10. The van der Waals surface area contributed by atoms with E-state index in [4.69, 9.17) is 4.99 Å². The SMILES string of the molecule is CCCC(=NC1CCCCC1)C(C)C. The fraction of sp³-hybridized carbons (Fsp3) is 0.923. The third-order valence-electron chi connectivity index (χ3n) is 3.10. The van der Waals surface area contributed by atoms with E-state index in [-0.39, 0.29) is 0 Å². The molecule has 0 radical (unpaired) electrons. The lowest BCUT2D eigenvalue weighted by Gasteiger charge is -2.20. The molecule has 0 amide bonds. The van der Waals surface area contributed by atoms with E-state index in [1.54, 1.807) is 0 Å². The van der Waals surface area contributed by atoms with Gasteiger partial charge in [-0.1, -0.05) is 46.5 Å². The Morgan fingerprint density at radius 2 is 1.86 bits per heavy atom. The highest BCUT2D eigenvalue weighted by Crippen LogP contribution is 2.21. The van der Waals surface area contributed by atoms with Gasteiger partial charge in [0.15, 0.2) is 0 Å². The number of nitrogens with zero attached hydrogens (tertiary/aromatic N) is 1. The van der Waals surface area contributed by atoms with Crippen molar-refractivity contribution in [3.63, 3.8) is 0 Å². The molecular formula is C13H25N. The van der Waals surface area contributed by atoms with Crippen molar-refractivity contribution in [1.29, 1.82) is 0 Å². The first kappa shape index (κ1) is 11.7. The lowest BCUT2D eigenvalue weighted by Crippen LogP contribution is -2.16. The smallest absolute Gasteiger partial charge is 0.0499 e. The molecular weight excluding hydrogens is 170 g/mol. The molecule has 0 unspecified atom stereocenters. The average Bonchev–Trinajstić information content (AvgIpc) is 2.18. The molecule has 1 heteroatoms. The lowest BCUT2D eigenvalue weighted by atomic mass is 9.95. The van der Waals surface area contributed by atoms with Crippen molar-refractivity contribution in [2.24, 2.45) is 10.9 Å². The van der Waals surface area contributed by atoms with Gasteiger partial charge in [-0.3, -0.25) is 4.99 Å². The molecule has 14 heavy (non-hydrogen) atoms. The first-order valence-corrected chi connectivity index (χ1v) is 6.30. The van der Waals surface area contributed by atoms with Crippen LogP contribution in [0.2, 0.25) is 0 Å². The van der Waals surface area contributed by atoms with E-state index in [9.17, 15) is 0 Å². The first-order valence-electron chi connectivity index (χ1n) is 6.30. The van der Waals surface area contributed by atoms with Crippen molar-refractivity contribution in [2.75, 3.05) is 0 Å². The zero-order valence-electron chi connectivity index (χ0n) is 10.1. The van der Waals surface area contributed by atoms with Crippen LogP contribution in [-0.2, 0) is 0 Å². The van der Waals surface area contributed by atoms with Crippen LogP contribution in [-0.4, -0.2) is 11.8 Å². The van der Waals surface area contributed by atoms with Crippen LogP contribution in [0.3, 0.4) is 0 Å². The second-order valence-electron chi connectivity index (χ2n) is 4.82. The molecule has 0 heterocycles. The summed E-state index contributed by atoms with van der Waals surface area (Å²) in [5, 5.41) is 0. The minimum Gasteiger partial charge on any atom is -0.291 e. The van der Waals surface area contributed by atoms with E-state index in [0.29, 0.717) is 12.0 Å². The van der Waals surface area contributed by atoms with Gasteiger partial charge in [0.05, 0.1) is 0 Å². The van der Waals surface area contributed by atoms with Gasteiger partial charge in [-0.05, 0) is 25.2 Å². The van der Waals surface area contributed by atoms with Crippen LogP contribution in [0, 0.1) is 5.92 Å². The molecule has 1 saturated carbocycles. The summed E-state index contributed by atoms with van der Waals surface area (Å²) >= 11 is 0. The summed E-state index contributed by atoms with van der Waals surface area (Å²) in [5.74, 6) is 0.650. The van der Waals surface area contributed by atoms with E-state index in [0.717, 1.165) is 0 Å². The molecule has 0 spiro atoms. The van der Waals surface area contributed by atoms with Gasteiger partial charge in [-0.15, -0.1) is 0 Å². The second kappa shape index (κ2) is 6.21. The molecule has 1 fully saturated rings. The molecule has 1 rings (SSSR count). The van der Waals surface area contributed by atoms with Crippen molar-refractivity contribution in [1.82, 2.24) is 0 Å². The Morgan fingerprint density at radius 1 is 1.21 bits per heavy atom. The molecule has 0 saturated heterocycles. The molecule has 0 aliphatic heterocycles. The van der Waals surface area contributed by atoms with Crippen LogP contribution in [0.4, 0.5) is 0 Å². The van der Waals surface area contributed by atoms with E-state index >= 15 is 0 Å². The fourth-order valence-corrected chi connectivity index (χ4v) is 2.20. The number of rotatable bonds is 4. The molecule has 82 valence electrons. The standard InChI is InChI=1S/C13H25N/c1-4-8-13(11(2)3)14-12-9-6-5-7-10-12/h11-12H,4-10H2,1-3H3. The van der Waals surface area contributed by atoms with Crippen LogP contribution in [0.15, 0.2) is 4.99 Å². The van der Waals surface area contributed by atoms with Crippen molar-refractivity contribution in [2.45, 2.75) is 71.8 Å². The van der Waals surface area contributed by atoms with Gasteiger partial charge in [-0.25, -0.2) is 0 Å². The van der Waals surface area contributed by atoms with Crippen molar-refractivity contribution in [3.8, 4) is 0 Å². The van der Waals surface area contributed by atoms with Gasteiger partial charge in [0.1, 0.15) is 0 Å². The molecule has 0 aromatic heterocycles. The third kappa shape index (κ3) is 3.81. The second-order valence-corrected chi connectivity index (χ2v) is 4.82. The molecule has 0 N–H and O–H groups in total. The summed E-state index contributed by atoms with van der Waals surface area (Å²) in [5.41, 5.74) is 1.46. The highest BCUT2D eigenvalue weighted by molar-refractivity contribution is 5.86. The Bertz CT molecular complexity index is 176. The first-order chi connectivity index (χ1) is 6.74. The van der Waals surface area contributed by atoms with E-state index < -0.39 is 0 Å². The van der Waals surface area contributed by atoms with Gasteiger partial charge in [0.2, 0.25) is 0 Å². The molecule has 0 bridgehead atoms. The number of hydrogen-bond acceptors (Lipinski definition) is 1. The van der Waals surface area contributed by atoms with Crippen molar-refractivity contribution in [3.05, 3.63) is 0 Å². The largest absolute Gasteiger partial charge is 0.291 e. The van der Waals surface area contributed by atoms with E-state index in [1.807, 2.05) is 0 Å². The Balaban J connectivity index is 2.50. The van der Waals surface area contributed by atoms with Crippen LogP contribution < -0.4 is 0 Å². The van der Waals surface area contributed by atoms with E-state index in [1.165, 1.54) is 50.7 Å². The predicted octanol–water partition coefficient (Wildman–Crippen LogP) is 4.22. The van der Waals surface area contributed by atoms with Crippen molar-refractivity contribution >= 4 is 5.71 Å². The van der Waals surface area contributed by atoms with Crippen molar-refractivity contribution < 1.29 is 0 Å². The van der Waals surface area contributed by atoms with Gasteiger partial charge in [0, 0.05) is 11.8 Å². The summed E-state index contributed by atoms with van der Waals surface area (Å²) in [6.07, 6.45) is 9.33. The molecule has 0 atom stereocenters. The van der Waals surface area contributed by atoms with Crippen LogP contribution in [0.5, 0.6) is 0 Å². The van der Waals surface area contributed by atoms with Gasteiger partial charge >= 0.3 is 0 Å². The minimum absolute atomic E-state index is 0.650. The fourth-order valence-electron chi connectivity index (χ4n) is 2.20. The van der Waals surface area contributed by atoms with E-state index in [2.05, 4.69) is 20.8 Å². The lowest BCUT2D eigenvalue weighted by molar-refractivity contribution is 0.441. The Kier molecular flexibility index (Phi) is 5.21. The highest BCUT2D eigenvalue weighted by atomic mass is 14.8. The molecule has 0 aromatic rings. The highest BCUT2D eigenvalue weighted by Gasteiger charge is 2.13. The average molecular weight is 195 g/mol. The zero-order chi connectivity index (χ0) is 10.4. The molecule has 1 aliphatic carbocycles. The monoisotopic (exact) mass is 195 g/mol. The van der Waals surface area contributed by atoms with Gasteiger partial charge in [-0.2, -0.15) is 0 Å². The molecule has 1 nitrogen and oxygen atoms in total. The summed E-state index contributed by atoms with van der Waals surface area (Å²) in [7, 11) is 0. The zero-order valence-corrected chi connectivity index (χ0v) is 10.1. The number of aliphatic imine (C=N–C) groups is 1. The minimum atomic E-state index is 0.650. The molecule has 1 aliphatic rings. The normalized spacial score (nSPS) is 20.4. The van der Waals surface area contributed by atoms with Crippen LogP contribution in [0.1, 0.15) is 65.7 Å². The predicted molar refractivity (Wildman–Crippen MR) is 64.1 cm³/mol. The Morgan fingerprint density at radius 3 is 2.36 bits per heavy atom. The Hall–Kier alpha value is -0.330. The maximum atomic E-state index is 4.94. The van der Waals surface area contributed by atoms with Gasteiger partial charge < -0.3 is 0 Å². The topological polar surface area (TPSA) is 12.4 Å².